The van der Waals surface area contributed by atoms with E-state index in [1.165, 1.54) is 21.9 Å². The first-order valence-corrected chi connectivity index (χ1v) is 11.9. The number of nitrogens with zero attached hydrogens (tertiary/aromatic N) is 2. The molecule has 3 heterocycles. The molecule has 33 heavy (non-hydrogen) atoms. The molecular formula is C28H22N2O2S. The topological polar surface area (TPSA) is 43.2 Å². The number of benzene rings is 3. The summed E-state index contributed by atoms with van der Waals surface area (Å²) in [7, 11) is 0. The van der Waals surface area contributed by atoms with Crippen molar-refractivity contribution in [2.45, 2.75) is 12.1 Å². The minimum atomic E-state index is 0.0471. The fourth-order valence-corrected chi connectivity index (χ4v) is 5.35. The van der Waals surface area contributed by atoms with E-state index in [9.17, 15) is 0 Å². The largest absolute Gasteiger partial charge is 0.475 e. The summed E-state index contributed by atoms with van der Waals surface area (Å²) in [6.07, 6.45) is 4.11. The molecule has 0 fully saturated rings. The van der Waals surface area contributed by atoms with Crippen LogP contribution < -0.4 is 9.06 Å². The Balaban J connectivity index is 1.37. The van der Waals surface area contributed by atoms with Gasteiger partial charge in [-0.05, 0) is 11.1 Å². The van der Waals surface area contributed by atoms with Gasteiger partial charge >= 0.3 is 0 Å². The van der Waals surface area contributed by atoms with E-state index in [0.717, 1.165) is 9.06 Å². The van der Waals surface area contributed by atoms with Crippen LogP contribution in [0, 0.1) is 0 Å². The Labute approximate surface area is 195 Å². The molecular weight excluding hydrogens is 428 g/mol. The predicted octanol–water partition coefficient (Wildman–Crippen LogP) is 4.80. The number of fused-ring (bicyclic) bond motifs is 1. The van der Waals surface area contributed by atoms with Crippen molar-refractivity contribution in [1.29, 1.82) is 0 Å². The first kappa shape index (κ1) is 19.9. The van der Waals surface area contributed by atoms with Crippen molar-refractivity contribution in [2.75, 3.05) is 13.2 Å². The molecule has 0 saturated heterocycles. The summed E-state index contributed by atoms with van der Waals surface area (Å²) >= 11 is 1.71. The molecule has 162 valence electrons. The molecule has 2 atom stereocenters. The van der Waals surface area contributed by atoms with Crippen LogP contribution in [0.4, 0.5) is 0 Å². The Morgan fingerprint density at radius 1 is 0.606 bits per heavy atom. The fourth-order valence-electron chi connectivity index (χ4n) is 4.21. The van der Waals surface area contributed by atoms with Crippen LogP contribution in [0.3, 0.4) is 0 Å². The first-order chi connectivity index (χ1) is 16.3. The van der Waals surface area contributed by atoms with Gasteiger partial charge < -0.3 is 9.47 Å². The van der Waals surface area contributed by atoms with E-state index in [1.54, 1.807) is 11.3 Å². The van der Waals surface area contributed by atoms with Gasteiger partial charge in [0, 0.05) is 32.0 Å². The molecule has 0 spiro atoms. The maximum absolute atomic E-state index is 5.92. The van der Waals surface area contributed by atoms with E-state index < -0.39 is 0 Å². The molecule has 2 aliphatic rings. The van der Waals surface area contributed by atoms with E-state index in [4.69, 9.17) is 19.5 Å². The Morgan fingerprint density at radius 3 is 1.48 bits per heavy atom. The molecule has 0 bridgehead atoms. The summed E-state index contributed by atoms with van der Waals surface area (Å²) in [5, 5.41) is 2.36. The molecule has 0 radical (unpaired) electrons. The Bertz CT molecular complexity index is 1360. The number of hydrogen-bond donors (Lipinski definition) is 0. The van der Waals surface area contributed by atoms with Gasteiger partial charge in [-0.2, -0.15) is 0 Å². The molecule has 0 amide bonds. The molecule has 1 aromatic heterocycles. The minimum absolute atomic E-state index is 0.0471. The molecule has 4 aromatic rings. The zero-order chi connectivity index (χ0) is 22.0. The van der Waals surface area contributed by atoms with E-state index in [0.29, 0.717) is 25.0 Å². The average Bonchev–Trinajstić information content (AvgIpc) is 3.61. The van der Waals surface area contributed by atoms with Crippen LogP contribution in [-0.2, 0) is 9.47 Å². The quantitative estimate of drug-likeness (QED) is 0.448. The van der Waals surface area contributed by atoms with Gasteiger partial charge in [-0.3, -0.25) is 0 Å². The summed E-state index contributed by atoms with van der Waals surface area (Å²) in [5.74, 6) is 1.36. The summed E-state index contributed by atoms with van der Waals surface area (Å²) in [6, 6.07) is 29.1. The first-order valence-electron chi connectivity index (χ1n) is 11.1. The highest BCUT2D eigenvalue weighted by Gasteiger charge is 2.20. The fraction of sp³-hybridized carbons (Fsp3) is 0.143. The number of rotatable bonds is 4. The maximum Gasteiger partial charge on any atom is 0.210 e. The van der Waals surface area contributed by atoms with Crippen LogP contribution in [-0.4, -0.2) is 25.0 Å². The van der Waals surface area contributed by atoms with E-state index in [1.807, 2.05) is 36.4 Å². The summed E-state index contributed by atoms with van der Waals surface area (Å²) in [6.45, 7) is 1.15. The van der Waals surface area contributed by atoms with E-state index >= 15 is 0 Å². The number of hydrogen-bond acceptors (Lipinski definition) is 5. The zero-order valence-electron chi connectivity index (χ0n) is 17.9. The summed E-state index contributed by atoms with van der Waals surface area (Å²) < 4.78 is 14.1. The zero-order valence-corrected chi connectivity index (χ0v) is 18.7. The molecule has 0 saturated carbocycles. The molecule has 4 nitrogen and oxygen atoms in total. The lowest BCUT2D eigenvalue weighted by Gasteiger charge is -2.03. The van der Waals surface area contributed by atoms with Crippen molar-refractivity contribution in [2.24, 2.45) is 9.98 Å². The van der Waals surface area contributed by atoms with Gasteiger partial charge in [-0.1, -0.05) is 84.9 Å². The molecule has 0 unspecified atom stereocenters. The smallest absolute Gasteiger partial charge is 0.210 e. The lowest BCUT2D eigenvalue weighted by atomic mass is 10.1. The second kappa shape index (κ2) is 8.68. The van der Waals surface area contributed by atoms with Crippen LogP contribution in [0.1, 0.15) is 23.2 Å². The van der Waals surface area contributed by atoms with E-state index in [2.05, 4.69) is 60.7 Å². The molecule has 0 aliphatic carbocycles. The van der Waals surface area contributed by atoms with Gasteiger partial charge in [0.05, 0.1) is 0 Å². The number of ether oxygens (including phenoxy) is 2. The Morgan fingerprint density at radius 2 is 1.03 bits per heavy atom. The normalized spacial score (nSPS) is 21.1. The van der Waals surface area contributed by atoms with E-state index in [-0.39, 0.29) is 12.1 Å². The third kappa shape index (κ3) is 4.08. The number of thiophene rings is 1. The maximum atomic E-state index is 5.92. The second-order valence-electron chi connectivity index (χ2n) is 8.07. The highest BCUT2D eigenvalue weighted by Crippen LogP contribution is 2.24. The minimum Gasteiger partial charge on any atom is -0.475 e. The third-order valence-corrected chi connectivity index (χ3v) is 7.02. The standard InChI is InChI=1S/C28H22N2O2S/c1-3-9-19(10-4-1)23-17-31-27(29-23)15-25-21-13-7-8-14-22(21)26(33-25)16-28-30-24(18-32-28)20-11-5-2-6-12-20/h1-16,23-24H,17-18H2/b25-15-,26-16-/t23-,24-/m1/s1. The van der Waals surface area contributed by atoms with Gasteiger partial charge in [0.25, 0.3) is 0 Å². The molecule has 2 aliphatic heterocycles. The highest BCUT2D eigenvalue weighted by atomic mass is 32.1. The number of aliphatic imine (C=N–C) groups is 2. The SMILES string of the molecule is C(/C1=N[C@@H](c2ccccc2)CO1)=c1/s/c(=C\C2=N[C@@H](c3ccccc3)CO2)c2ccccc12. The van der Waals surface area contributed by atoms with Gasteiger partial charge in [0.15, 0.2) is 0 Å². The Hall–Kier alpha value is -3.70. The van der Waals surface area contributed by atoms with Crippen LogP contribution in [0.15, 0.2) is 94.9 Å². The molecule has 6 rings (SSSR count). The molecule has 5 heteroatoms. The van der Waals surface area contributed by atoms with Crippen LogP contribution in [0.2, 0.25) is 0 Å². The molecule has 3 aromatic carbocycles. The average molecular weight is 451 g/mol. The van der Waals surface area contributed by atoms with Crippen molar-refractivity contribution < 1.29 is 9.47 Å². The summed E-state index contributed by atoms with van der Waals surface area (Å²) in [5.41, 5.74) is 2.35. The van der Waals surface area contributed by atoms with Gasteiger partial charge in [-0.25, -0.2) is 9.98 Å². The van der Waals surface area contributed by atoms with Crippen LogP contribution >= 0.6 is 11.3 Å². The lowest BCUT2D eigenvalue weighted by molar-refractivity contribution is 0.323. The van der Waals surface area contributed by atoms with Crippen molar-refractivity contribution in [3.8, 4) is 0 Å². The highest BCUT2D eigenvalue weighted by molar-refractivity contribution is 7.09. The van der Waals surface area contributed by atoms with Gasteiger partial charge in [0.2, 0.25) is 11.8 Å². The van der Waals surface area contributed by atoms with Crippen molar-refractivity contribution in [1.82, 2.24) is 0 Å². The van der Waals surface area contributed by atoms with Crippen molar-refractivity contribution in [3.63, 3.8) is 0 Å². The van der Waals surface area contributed by atoms with Gasteiger partial charge in [0.1, 0.15) is 25.3 Å². The van der Waals surface area contributed by atoms with Crippen LogP contribution in [0.5, 0.6) is 0 Å². The van der Waals surface area contributed by atoms with Crippen molar-refractivity contribution in [3.05, 3.63) is 105 Å². The van der Waals surface area contributed by atoms with Crippen LogP contribution in [0.25, 0.3) is 22.9 Å². The van der Waals surface area contributed by atoms with Gasteiger partial charge in [-0.15, -0.1) is 11.3 Å². The lowest BCUT2D eigenvalue weighted by Crippen LogP contribution is -2.03. The summed E-state index contributed by atoms with van der Waals surface area (Å²) in [4.78, 5) is 9.61. The monoisotopic (exact) mass is 450 g/mol. The predicted molar refractivity (Wildman–Crippen MR) is 135 cm³/mol. The van der Waals surface area contributed by atoms with Crippen molar-refractivity contribution >= 4 is 46.1 Å². The molecule has 0 N–H and O–H groups in total. The second-order valence-corrected chi connectivity index (χ2v) is 9.16. The third-order valence-electron chi connectivity index (χ3n) is 5.90. The Kier molecular flexibility index (Phi) is 5.25.